The van der Waals surface area contributed by atoms with Crippen molar-refractivity contribution >= 4 is 15.7 Å². The minimum Gasteiger partial charge on any atom is -0.384 e. The Kier molecular flexibility index (Phi) is 7.35. The average Bonchev–Trinajstić information content (AvgIpc) is 2.46. The van der Waals surface area contributed by atoms with E-state index in [0.29, 0.717) is 25.4 Å². The summed E-state index contributed by atoms with van der Waals surface area (Å²) >= 11 is 0. The van der Waals surface area contributed by atoms with Crippen LogP contribution in [0.1, 0.15) is 18.9 Å². The number of benzene rings is 1. The lowest BCUT2D eigenvalue weighted by atomic mass is 10.2. The van der Waals surface area contributed by atoms with Gasteiger partial charge in [0.05, 0.1) is 30.5 Å². The Balaban J connectivity index is 2.46. The van der Waals surface area contributed by atoms with E-state index in [1.165, 1.54) is 12.1 Å². The number of nitrogens with one attached hydrogen (secondary N) is 1. The predicted molar refractivity (Wildman–Crippen MR) is 81.4 cm³/mol. The second-order valence-corrected chi connectivity index (χ2v) is 6.59. The summed E-state index contributed by atoms with van der Waals surface area (Å²) in [6, 6.07) is 6.07. The summed E-state index contributed by atoms with van der Waals surface area (Å²) in [4.78, 5) is 0.154. The number of nitrogens with two attached hydrogens (primary N) is 1. The molecule has 118 valence electrons. The van der Waals surface area contributed by atoms with Crippen LogP contribution in [0.5, 0.6) is 0 Å². The molecule has 0 saturated carbocycles. The molecule has 0 bridgehead atoms. The summed E-state index contributed by atoms with van der Waals surface area (Å²) in [5.41, 5.74) is 5.75. The monoisotopic (exact) mass is 314 g/mol. The highest BCUT2D eigenvalue weighted by Gasteiger charge is 2.15. The summed E-state index contributed by atoms with van der Waals surface area (Å²) in [6.45, 7) is 3.65. The van der Waals surface area contributed by atoms with E-state index in [-0.39, 0.29) is 23.1 Å². The minimum atomic E-state index is -3.43. The van der Waals surface area contributed by atoms with Gasteiger partial charge in [-0.1, -0.05) is 19.1 Å². The van der Waals surface area contributed by atoms with Crippen LogP contribution in [0.3, 0.4) is 0 Å². The van der Waals surface area contributed by atoms with Crippen molar-refractivity contribution in [1.82, 2.24) is 0 Å². The highest BCUT2D eigenvalue weighted by atomic mass is 32.2. The molecular formula is C14H22N2O4S. The molecule has 0 unspecified atom stereocenters. The normalized spacial score (nSPS) is 11.5. The highest BCUT2D eigenvalue weighted by Crippen LogP contribution is 2.13. The zero-order valence-corrected chi connectivity index (χ0v) is 13.0. The van der Waals surface area contributed by atoms with Gasteiger partial charge in [0.2, 0.25) is 0 Å². The molecule has 0 aliphatic carbocycles. The first-order valence-electron chi connectivity index (χ1n) is 6.80. The van der Waals surface area contributed by atoms with Gasteiger partial charge in [-0.2, -0.15) is 0 Å². The molecular weight excluding hydrogens is 292 g/mol. The van der Waals surface area contributed by atoms with Gasteiger partial charge in [0.25, 0.3) is 0 Å². The standard InChI is InChI=1S/C14H22N2O4S/c1-2-6-19-7-8-20-9-10-21(17,18)13-5-3-4-12(11-13)14(15)16/h3-5,11H,2,6-10H2,1H3,(H3,15,16). The van der Waals surface area contributed by atoms with Crippen molar-refractivity contribution in [3.8, 4) is 0 Å². The fourth-order valence-corrected chi connectivity index (χ4v) is 2.78. The van der Waals surface area contributed by atoms with E-state index in [1.54, 1.807) is 12.1 Å². The topological polar surface area (TPSA) is 102 Å². The van der Waals surface area contributed by atoms with Crippen LogP contribution in [0.4, 0.5) is 0 Å². The molecule has 0 spiro atoms. The van der Waals surface area contributed by atoms with Crippen molar-refractivity contribution in [2.24, 2.45) is 5.73 Å². The quantitative estimate of drug-likeness (QED) is 0.383. The van der Waals surface area contributed by atoms with Gasteiger partial charge in [0.1, 0.15) is 5.84 Å². The molecule has 0 aliphatic rings. The second kappa shape index (κ2) is 8.76. The molecule has 7 heteroatoms. The minimum absolute atomic E-state index is 0.109. The number of hydrogen-bond acceptors (Lipinski definition) is 5. The van der Waals surface area contributed by atoms with E-state index in [9.17, 15) is 8.42 Å². The molecule has 0 atom stereocenters. The van der Waals surface area contributed by atoms with Gasteiger partial charge < -0.3 is 15.2 Å². The Morgan fingerprint density at radius 2 is 1.86 bits per heavy atom. The predicted octanol–water partition coefficient (Wildman–Crippen LogP) is 1.19. The van der Waals surface area contributed by atoms with Gasteiger partial charge in [-0.25, -0.2) is 8.42 Å². The van der Waals surface area contributed by atoms with Crippen molar-refractivity contribution in [1.29, 1.82) is 5.41 Å². The van der Waals surface area contributed by atoms with Crippen LogP contribution in [-0.2, 0) is 19.3 Å². The van der Waals surface area contributed by atoms with E-state index < -0.39 is 9.84 Å². The first-order valence-corrected chi connectivity index (χ1v) is 8.45. The Hall–Kier alpha value is -1.44. The van der Waals surface area contributed by atoms with Crippen molar-refractivity contribution in [3.63, 3.8) is 0 Å². The lowest BCUT2D eigenvalue weighted by molar-refractivity contribution is 0.0537. The lowest BCUT2D eigenvalue weighted by Crippen LogP contribution is -2.16. The maximum absolute atomic E-state index is 12.1. The molecule has 0 saturated heterocycles. The molecule has 1 aromatic carbocycles. The summed E-state index contributed by atoms with van der Waals surface area (Å²) in [6.07, 6.45) is 0.945. The third-order valence-corrected chi connectivity index (χ3v) is 4.40. The number of nitrogen functional groups attached to an aromatic ring is 1. The van der Waals surface area contributed by atoms with E-state index in [1.807, 2.05) is 6.92 Å². The number of amidine groups is 1. The van der Waals surface area contributed by atoms with E-state index in [0.717, 1.165) is 6.42 Å². The lowest BCUT2D eigenvalue weighted by Gasteiger charge is -2.07. The molecule has 0 aliphatic heterocycles. The van der Waals surface area contributed by atoms with Crippen LogP contribution in [0.15, 0.2) is 29.2 Å². The molecule has 1 aromatic rings. The van der Waals surface area contributed by atoms with Crippen molar-refractivity contribution in [3.05, 3.63) is 29.8 Å². The molecule has 21 heavy (non-hydrogen) atoms. The van der Waals surface area contributed by atoms with Crippen LogP contribution in [-0.4, -0.2) is 46.4 Å². The zero-order chi connectivity index (χ0) is 15.7. The molecule has 0 heterocycles. The zero-order valence-electron chi connectivity index (χ0n) is 12.2. The first kappa shape index (κ1) is 17.6. The number of sulfone groups is 1. The van der Waals surface area contributed by atoms with Crippen molar-refractivity contribution in [2.45, 2.75) is 18.2 Å². The Morgan fingerprint density at radius 1 is 1.19 bits per heavy atom. The van der Waals surface area contributed by atoms with E-state index >= 15 is 0 Å². The SMILES string of the molecule is CCCOCCOCCS(=O)(=O)c1cccc(C(=N)N)c1. The van der Waals surface area contributed by atoms with Gasteiger partial charge in [-0.15, -0.1) is 0 Å². The summed E-state index contributed by atoms with van der Waals surface area (Å²) in [5, 5.41) is 7.33. The average molecular weight is 314 g/mol. The van der Waals surface area contributed by atoms with Crippen molar-refractivity contribution in [2.75, 3.05) is 32.2 Å². The van der Waals surface area contributed by atoms with Crippen LogP contribution in [0.2, 0.25) is 0 Å². The Bertz CT molecular complexity index is 558. The molecule has 0 fully saturated rings. The maximum Gasteiger partial charge on any atom is 0.180 e. The maximum atomic E-state index is 12.1. The smallest absolute Gasteiger partial charge is 0.180 e. The highest BCUT2D eigenvalue weighted by molar-refractivity contribution is 7.91. The molecule has 6 nitrogen and oxygen atoms in total. The Morgan fingerprint density at radius 3 is 2.48 bits per heavy atom. The van der Waals surface area contributed by atoms with Crippen LogP contribution < -0.4 is 5.73 Å². The fourth-order valence-electron chi connectivity index (χ4n) is 1.61. The van der Waals surface area contributed by atoms with Crippen LogP contribution >= 0.6 is 0 Å². The third-order valence-electron chi connectivity index (χ3n) is 2.72. The second-order valence-electron chi connectivity index (χ2n) is 4.49. The molecule has 1 rings (SSSR count). The summed E-state index contributed by atoms with van der Waals surface area (Å²) in [5.74, 6) is -0.265. The summed E-state index contributed by atoms with van der Waals surface area (Å²) in [7, 11) is -3.43. The van der Waals surface area contributed by atoms with Gasteiger partial charge in [0.15, 0.2) is 9.84 Å². The summed E-state index contributed by atoms with van der Waals surface area (Å²) < 4.78 is 34.7. The van der Waals surface area contributed by atoms with Gasteiger partial charge in [-0.3, -0.25) is 5.41 Å². The van der Waals surface area contributed by atoms with E-state index in [2.05, 4.69) is 0 Å². The molecule has 0 radical (unpaired) electrons. The molecule has 0 aromatic heterocycles. The fraction of sp³-hybridized carbons (Fsp3) is 0.500. The molecule has 3 N–H and O–H groups in total. The van der Waals surface area contributed by atoms with Gasteiger partial charge in [-0.05, 0) is 18.6 Å². The number of ether oxygens (including phenoxy) is 2. The van der Waals surface area contributed by atoms with Crippen molar-refractivity contribution < 1.29 is 17.9 Å². The first-order chi connectivity index (χ1) is 9.97. The Labute approximate surface area is 125 Å². The number of hydrogen-bond donors (Lipinski definition) is 2. The van der Waals surface area contributed by atoms with Gasteiger partial charge >= 0.3 is 0 Å². The van der Waals surface area contributed by atoms with E-state index in [4.69, 9.17) is 20.6 Å². The van der Waals surface area contributed by atoms with Crippen LogP contribution in [0.25, 0.3) is 0 Å². The third kappa shape index (κ3) is 6.24. The van der Waals surface area contributed by atoms with Crippen LogP contribution in [0, 0.1) is 5.41 Å². The molecule has 0 amide bonds. The van der Waals surface area contributed by atoms with Gasteiger partial charge in [0, 0.05) is 12.2 Å². The largest absolute Gasteiger partial charge is 0.384 e. The number of rotatable bonds is 10.